The Morgan fingerprint density at radius 1 is 1.04 bits per heavy atom. The molecule has 2 N–H and O–H groups in total. The van der Waals surface area contributed by atoms with E-state index < -0.39 is 18.2 Å². The smallest absolute Gasteiger partial charge is 0.431 e. The van der Waals surface area contributed by atoms with Crippen molar-refractivity contribution < 1.29 is 24.3 Å². The second kappa shape index (κ2) is 7.58. The molecule has 0 aromatic heterocycles. The van der Waals surface area contributed by atoms with Crippen LogP contribution in [0, 0.1) is 5.92 Å². The number of fused-ring (bicyclic) bond motifs is 3. The third kappa shape index (κ3) is 3.55. The summed E-state index contributed by atoms with van der Waals surface area (Å²) in [5.74, 6) is -1.49. The second-order valence-electron chi connectivity index (χ2n) is 6.55. The van der Waals surface area contributed by atoms with Gasteiger partial charge < -0.3 is 9.84 Å². The fraction of sp³-hybridized carbons (Fsp3) is 0.300. The van der Waals surface area contributed by atoms with E-state index in [4.69, 9.17) is 14.7 Å². The number of carboxylic acid groups (broad SMARTS) is 1. The number of aliphatic carboxylic acids is 1. The van der Waals surface area contributed by atoms with Crippen LogP contribution in [-0.4, -0.2) is 29.9 Å². The third-order valence-corrected chi connectivity index (χ3v) is 4.46. The summed E-state index contributed by atoms with van der Waals surface area (Å²) in [5, 5.41) is 9.06. The van der Waals surface area contributed by atoms with Gasteiger partial charge in [-0.2, -0.15) is 5.48 Å². The first-order chi connectivity index (χ1) is 12.5. The first kappa shape index (κ1) is 17.9. The van der Waals surface area contributed by atoms with Crippen molar-refractivity contribution in [1.29, 1.82) is 0 Å². The molecule has 1 unspecified atom stereocenters. The molecular weight excluding hydrogens is 334 g/mol. The number of rotatable bonds is 6. The average Bonchev–Trinajstić information content (AvgIpc) is 2.93. The molecule has 0 heterocycles. The van der Waals surface area contributed by atoms with Crippen molar-refractivity contribution in [1.82, 2.24) is 5.48 Å². The SMILES string of the molecule is CC(C)C(ONC(=O)OCC1c2ccccc2-c2ccccc21)C(=O)O. The van der Waals surface area contributed by atoms with Crippen molar-refractivity contribution in [3.8, 4) is 11.1 Å². The molecule has 3 rings (SSSR count). The van der Waals surface area contributed by atoms with Gasteiger partial charge in [0.1, 0.15) is 6.61 Å². The molecule has 136 valence electrons. The van der Waals surface area contributed by atoms with Crippen LogP contribution in [0.3, 0.4) is 0 Å². The maximum Gasteiger partial charge on any atom is 0.431 e. The van der Waals surface area contributed by atoms with Crippen LogP contribution in [-0.2, 0) is 14.4 Å². The minimum absolute atomic E-state index is 0.0616. The number of hydroxylamine groups is 1. The van der Waals surface area contributed by atoms with Crippen LogP contribution < -0.4 is 5.48 Å². The Bertz CT molecular complexity index is 772. The Kier molecular flexibility index (Phi) is 5.23. The summed E-state index contributed by atoms with van der Waals surface area (Å²) in [5.41, 5.74) is 6.56. The first-order valence-electron chi connectivity index (χ1n) is 8.48. The molecule has 2 aromatic rings. The molecule has 6 heteroatoms. The summed E-state index contributed by atoms with van der Waals surface area (Å²) < 4.78 is 5.28. The molecule has 6 nitrogen and oxygen atoms in total. The highest BCUT2D eigenvalue weighted by atomic mass is 16.7. The normalized spacial score (nSPS) is 13.8. The largest absolute Gasteiger partial charge is 0.479 e. The maximum absolute atomic E-state index is 11.9. The number of ether oxygens (including phenoxy) is 1. The van der Waals surface area contributed by atoms with Crippen molar-refractivity contribution in [2.24, 2.45) is 5.92 Å². The minimum Gasteiger partial charge on any atom is -0.479 e. The quantitative estimate of drug-likeness (QED) is 0.774. The fourth-order valence-electron chi connectivity index (χ4n) is 3.21. The monoisotopic (exact) mass is 355 g/mol. The molecule has 0 saturated heterocycles. The Hall–Kier alpha value is -2.86. The van der Waals surface area contributed by atoms with Gasteiger partial charge in [0.2, 0.25) is 0 Å². The van der Waals surface area contributed by atoms with Gasteiger partial charge in [-0.15, -0.1) is 0 Å². The maximum atomic E-state index is 11.9. The van der Waals surface area contributed by atoms with E-state index in [0.717, 1.165) is 22.3 Å². The molecule has 0 fully saturated rings. The summed E-state index contributed by atoms with van der Waals surface area (Å²) >= 11 is 0. The van der Waals surface area contributed by atoms with Crippen LogP contribution in [0.2, 0.25) is 0 Å². The molecule has 1 aliphatic carbocycles. The van der Waals surface area contributed by atoms with Gasteiger partial charge in [-0.1, -0.05) is 62.4 Å². The number of carbonyl (C=O) groups is 2. The van der Waals surface area contributed by atoms with Crippen molar-refractivity contribution in [2.45, 2.75) is 25.9 Å². The van der Waals surface area contributed by atoms with E-state index >= 15 is 0 Å². The lowest BCUT2D eigenvalue weighted by atomic mass is 9.98. The molecule has 1 amide bonds. The van der Waals surface area contributed by atoms with Crippen LogP contribution >= 0.6 is 0 Å². The van der Waals surface area contributed by atoms with Gasteiger partial charge in [-0.05, 0) is 28.2 Å². The number of benzene rings is 2. The summed E-state index contributed by atoms with van der Waals surface area (Å²) in [6.45, 7) is 3.53. The molecule has 0 aliphatic heterocycles. The lowest BCUT2D eigenvalue weighted by Crippen LogP contribution is -2.38. The van der Waals surface area contributed by atoms with Crippen molar-refractivity contribution >= 4 is 12.1 Å². The molecule has 0 bridgehead atoms. The summed E-state index contributed by atoms with van der Waals surface area (Å²) in [6.07, 6.45) is -1.94. The van der Waals surface area contributed by atoms with Crippen LogP contribution in [0.25, 0.3) is 11.1 Å². The number of hydrogen-bond donors (Lipinski definition) is 2. The zero-order valence-corrected chi connectivity index (χ0v) is 14.6. The highest BCUT2D eigenvalue weighted by Gasteiger charge is 2.29. The van der Waals surface area contributed by atoms with Gasteiger partial charge in [0.15, 0.2) is 6.10 Å². The van der Waals surface area contributed by atoms with Gasteiger partial charge in [-0.25, -0.2) is 9.59 Å². The first-order valence-corrected chi connectivity index (χ1v) is 8.48. The summed E-state index contributed by atoms with van der Waals surface area (Å²) in [4.78, 5) is 28.0. The average molecular weight is 355 g/mol. The predicted molar refractivity (Wildman–Crippen MR) is 95.6 cm³/mol. The summed E-state index contributed by atoms with van der Waals surface area (Å²) in [7, 11) is 0. The van der Waals surface area contributed by atoms with E-state index in [1.807, 2.05) is 36.4 Å². The molecule has 0 spiro atoms. The number of hydrogen-bond acceptors (Lipinski definition) is 4. The Morgan fingerprint density at radius 2 is 1.58 bits per heavy atom. The van der Waals surface area contributed by atoms with Gasteiger partial charge in [0.25, 0.3) is 0 Å². The molecule has 2 aromatic carbocycles. The second-order valence-corrected chi connectivity index (χ2v) is 6.55. The molecule has 1 aliphatic rings. The van der Waals surface area contributed by atoms with Gasteiger partial charge in [-0.3, -0.25) is 4.84 Å². The molecule has 0 radical (unpaired) electrons. The van der Waals surface area contributed by atoms with Crippen LogP contribution in [0.5, 0.6) is 0 Å². The van der Waals surface area contributed by atoms with E-state index in [9.17, 15) is 9.59 Å². The zero-order chi connectivity index (χ0) is 18.7. The van der Waals surface area contributed by atoms with Crippen molar-refractivity contribution in [3.05, 3.63) is 59.7 Å². The highest BCUT2D eigenvalue weighted by Crippen LogP contribution is 2.44. The Morgan fingerprint density at radius 3 is 2.08 bits per heavy atom. The highest BCUT2D eigenvalue weighted by molar-refractivity contribution is 5.79. The van der Waals surface area contributed by atoms with Gasteiger partial charge in [0, 0.05) is 5.92 Å². The van der Waals surface area contributed by atoms with E-state index in [0.29, 0.717) is 0 Å². The number of nitrogens with one attached hydrogen (secondary N) is 1. The van der Waals surface area contributed by atoms with E-state index in [1.54, 1.807) is 13.8 Å². The number of carbonyl (C=O) groups excluding carboxylic acids is 1. The lowest BCUT2D eigenvalue weighted by Gasteiger charge is -2.18. The molecule has 0 saturated carbocycles. The van der Waals surface area contributed by atoms with Crippen molar-refractivity contribution in [3.63, 3.8) is 0 Å². The predicted octanol–water partition coefficient (Wildman–Crippen LogP) is 3.57. The standard InChI is InChI=1S/C20H21NO5/c1-12(2)18(19(22)23)26-21-20(24)25-11-17-15-9-5-3-7-13(15)14-8-4-6-10-16(14)17/h3-10,12,17-18H,11H2,1-2H3,(H,21,24)(H,22,23). The lowest BCUT2D eigenvalue weighted by molar-refractivity contribution is -0.158. The van der Waals surface area contributed by atoms with E-state index in [-0.39, 0.29) is 18.4 Å². The number of amides is 1. The molecule has 26 heavy (non-hydrogen) atoms. The van der Waals surface area contributed by atoms with Crippen LogP contribution in [0.15, 0.2) is 48.5 Å². The van der Waals surface area contributed by atoms with E-state index in [2.05, 4.69) is 17.6 Å². The van der Waals surface area contributed by atoms with Crippen LogP contribution in [0.4, 0.5) is 4.79 Å². The topological polar surface area (TPSA) is 84.9 Å². The third-order valence-electron chi connectivity index (χ3n) is 4.46. The van der Waals surface area contributed by atoms with Crippen molar-refractivity contribution in [2.75, 3.05) is 6.61 Å². The Balaban J connectivity index is 1.65. The summed E-state index contributed by atoms with van der Waals surface area (Å²) in [6, 6.07) is 16.0. The van der Waals surface area contributed by atoms with Gasteiger partial charge in [0.05, 0.1) is 0 Å². The Labute approximate surface area is 151 Å². The fourth-order valence-corrected chi connectivity index (χ4v) is 3.21. The minimum atomic E-state index is -1.14. The zero-order valence-electron chi connectivity index (χ0n) is 14.6. The molecule has 1 atom stereocenters. The van der Waals surface area contributed by atoms with E-state index in [1.165, 1.54) is 0 Å². The molecular formula is C20H21NO5. The number of carboxylic acids is 1. The van der Waals surface area contributed by atoms with Crippen LogP contribution in [0.1, 0.15) is 30.9 Å². The van der Waals surface area contributed by atoms with Gasteiger partial charge >= 0.3 is 12.1 Å².